The van der Waals surface area contributed by atoms with E-state index in [0.29, 0.717) is 5.02 Å². The Kier molecular flexibility index (Phi) is 4.02. The van der Waals surface area contributed by atoms with Crippen molar-refractivity contribution in [1.82, 2.24) is 20.4 Å². The highest BCUT2D eigenvalue weighted by molar-refractivity contribution is 6.30. The van der Waals surface area contributed by atoms with Gasteiger partial charge in [-0.3, -0.25) is 5.10 Å². The summed E-state index contributed by atoms with van der Waals surface area (Å²) < 4.78 is 13.3. The molecule has 0 spiro atoms. The van der Waals surface area contributed by atoms with E-state index in [4.69, 9.17) is 11.6 Å². The predicted octanol–water partition coefficient (Wildman–Crippen LogP) is 5.01. The van der Waals surface area contributed by atoms with E-state index in [9.17, 15) is 4.39 Å². The van der Waals surface area contributed by atoms with Crippen LogP contribution in [0, 0.1) is 5.82 Å². The molecule has 2 aliphatic heterocycles. The standard InChI is InChI=1S/C22H16ClFN4/c23-17-3-1-2-15(10-17)20-12-25-21-9-6-16(13-28(20)21)19-11-26-27-22(19)14-4-7-18(24)8-5-14/h1-13,21,25H,(H,26,27). The number of allylic oxidation sites excluding steroid dienone is 2. The summed E-state index contributed by atoms with van der Waals surface area (Å²) >= 11 is 6.17. The van der Waals surface area contributed by atoms with Gasteiger partial charge in [-0.2, -0.15) is 5.10 Å². The molecule has 3 heterocycles. The van der Waals surface area contributed by atoms with Crippen molar-refractivity contribution in [2.24, 2.45) is 0 Å². The molecule has 0 saturated heterocycles. The summed E-state index contributed by atoms with van der Waals surface area (Å²) in [5.41, 5.74) is 5.70. The average Bonchev–Trinajstić information content (AvgIpc) is 3.35. The van der Waals surface area contributed by atoms with E-state index in [1.807, 2.05) is 36.7 Å². The molecule has 2 aliphatic rings. The minimum atomic E-state index is -0.264. The van der Waals surface area contributed by atoms with Crippen LogP contribution in [0.15, 0.2) is 79.3 Å². The Morgan fingerprint density at radius 3 is 2.75 bits per heavy atom. The molecule has 0 radical (unpaired) electrons. The first-order valence-electron chi connectivity index (χ1n) is 8.90. The number of rotatable bonds is 3. The fraction of sp³-hybridized carbons (Fsp3) is 0.0455. The second kappa shape index (κ2) is 6.69. The number of benzene rings is 2. The van der Waals surface area contributed by atoms with Crippen LogP contribution in [0.1, 0.15) is 11.1 Å². The van der Waals surface area contributed by atoms with Crippen LogP contribution in [0.2, 0.25) is 5.02 Å². The topological polar surface area (TPSA) is 44.0 Å². The Labute approximate surface area is 166 Å². The van der Waals surface area contributed by atoms with Crippen molar-refractivity contribution < 1.29 is 4.39 Å². The third-order valence-corrected chi connectivity index (χ3v) is 5.13. The van der Waals surface area contributed by atoms with Gasteiger partial charge >= 0.3 is 0 Å². The Bertz CT molecular complexity index is 1130. The van der Waals surface area contributed by atoms with Gasteiger partial charge in [-0.25, -0.2) is 4.39 Å². The number of hydrogen-bond acceptors (Lipinski definition) is 3. The third kappa shape index (κ3) is 2.90. The molecule has 0 amide bonds. The molecule has 0 aliphatic carbocycles. The van der Waals surface area contributed by atoms with Gasteiger partial charge < -0.3 is 10.2 Å². The van der Waals surface area contributed by atoms with Gasteiger partial charge in [0.1, 0.15) is 12.0 Å². The van der Waals surface area contributed by atoms with Crippen molar-refractivity contribution in [2.75, 3.05) is 0 Å². The molecule has 138 valence electrons. The highest BCUT2D eigenvalue weighted by Crippen LogP contribution is 2.35. The van der Waals surface area contributed by atoms with Crippen molar-refractivity contribution in [3.8, 4) is 11.3 Å². The highest BCUT2D eigenvalue weighted by Gasteiger charge is 2.27. The minimum Gasteiger partial charge on any atom is -0.366 e. The number of nitrogens with one attached hydrogen (secondary N) is 2. The zero-order valence-electron chi connectivity index (χ0n) is 14.7. The molecule has 1 unspecified atom stereocenters. The molecule has 0 fully saturated rings. The molecule has 6 heteroatoms. The molecule has 2 aromatic carbocycles. The van der Waals surface area contributed by atoms with Crippen molar-refractivity contribution in [2.45, 2.75) is 6.17 Å². The second-order valence-corrected chi connectivity index (χ2v) is 7.09. The van der Waals surface area contributed by atoms with Crippen LogP contribution in [0.5, 0.6) is 0 Å². The van der Waals surface area contributed by atoms with Gasteiger partial charge in [-0.05, 0) is 42.5 Å². The van der Waals surface area contributed by atoms with E-state index in [0.717, 1.165) is 33.7 Å². The maximum Gasteiger partial charge on any atom is 0.123 e. The molecule has 0 saturated carbocycles. The van der Waals surface area contributed by atoms with Gasteiger partial charge in [0.25, 0.3) is 0 Å². The molecule has 5 rings (SSSR count). The average molecular weight is 391 g/mol. The van der Waals surface area contributed by atoms with Gasteiger partial charge in [0, 0.05) is 45.9 Å². The third-order valence-electron chi connectivity index (χ3n) is 4.89. The van der Waals surface area contributed by atoms with E-state index < -0.39 is 0 Å². The summed E-state index contributed by atoms with van der Waals surface area (Å²) in [5, 5.41) is 11.4. The number of nitrogens with zero attached hydrogens (tertiary/aromatic N) is 2. The van der Waals surface area contributed by atoms with Crippen LogP contribution in [-0.2, 0) is 0 Å². The molecule has 28 heavy (non-hydrogen) atoms. The Morgan fingerprint density at radius 1 is 1.07 bits per heavy atom. The van der Waals surface area contributed by atoms with Crippen LogP contribution < -0.4 is 5.32 Å². The van der Waals surface area contributed by atoms with Crippen LogP contribution >= 0.6 is 11.6 Å². The molecule has 2 N–H and O–H groups in total. The van der Waals surface area contributed by atoms with Gasteiger partial charge in [0.15, 0.2) is 0 Å². The van der Waals surface area contributed by atoms with Crippen LogP contribution in [0.3, 0.4) is 0 Å². The van der Waals surface area contributed by atoms with Crippen LogP contribution in [0.25, 0.3) is 22.5 Å². The molecule has 1 atom stereocenters. The number of hydrogen-bond donors (Lipinski definition) is 2. The summed E-state index contributed by atoms with van der Waals surface area (Å²) in [7, 11) is 0. The van der Waals surface area contributed by atoms with Gasteiger partial charge in [-0.1, -0.05) is 29.8 Å². The monoisotopic (exact) mass is 390 g/mol. The molecule has 3 aromatic rings. The zero-order valence-corrected chi connectivity index (χ0v) is 15.5. The second-order valence-electron chi connectivity index (χ2n) is 6.66. The fourth-order valence-corrected chi connectivity index (χ4v) is 3.72. The normalized spacial score (nSPS) is 17.8. The summed E-state index contributed by atoms with van der Waals surface area (Å²) in [6.07, 6.45) is 10.2. The Morgan fingerprint density at radius 2 is 1.93 bits per heavy atom. The van der Waals surface area contributed by atoms with E-state index in [-0.39, 0.29) is 12.0 Å². The highest BCUT2D eigenvalue weighted by atomic mass is 35.5. The summed E-state index contributed by atoms with van der Waals surface area (Å²) in [4.78, 5) is 2.17. The number of H-pyrrole nitrogens is 1. The lowest BCUT2D eigenvalue weighted by molar-refractivity contribution is 0.443. The number of aromatic amines is 1. The Hall–Kier alpha value is -3.31. The van der Waals surface area contributed by atoms with Crippen molar-refractivity contribution >= 4 is 22.9 Å². The molecule has 0 bridgehead atoms. The lowest BCUT2D eigenvalue weighted by Gasteiger charge is -2.28. The van der Waals surface area contributed by atoms with Crippen molar-refractivity contribution in [3.63, 3.8) is 0 Å². The van der Waals surface area contributed by atoms with Gasteiger partial charge in [0.05, 0.1) is 11.4 Å². The summed E-state index contributed by atoms with van der Waals surface area (Å²) in [5.74, 6) is -0.264. The maximum atomic E-state index is 13.3. The lowest BCUT2D eigenvalue weighted by Crippen LogP contribution is -2.32. The molecular formula is C22H16ClFN4. The quantitative estimate of drug-likeness (QED) is 0.660. The van der Waals surface area contributed by atoms with E-state index >= 15 is 0 Å². The molecular weight excluding hydrogens is 375 g/mol. The first-order chi connectivity index (χ1) is 13.7. The summed E-state index contributed by atoms with van der Waals surface area (Å²) in [6, 6.07) is 14.2. The molecule has 1 aromatic heterocycles. The Balaban J connectivity index is 1.52. The van der Waals surface area contributed by atoms with Crippen LogP contribution in [-0.4, -0.2) is 21.3 Å². The molecule has 4 nitrogen and oxygen atoms in total. The smallest absolute Gasteiger partial charge is 0.123 e. The first-order valence-corrected chi connectivity index (χ1v) is 9.27. The largest absolute Gasteiger partial charge is 0.366 e. The van der Waals surface area contributed by atoms with E-state index in [1.165, 1.54) is 12.1 Å². The van der Waals surface area contributed by atoms with Gasteiger partial charge in [0.2, 0.25) is 0 Å². The van der Waals surface area contributed by atoms with E-state index in [2.05, 4.69) is 38.8 Å². The van der Waals surface area contributed by atoms with Gasteiger partial charge in [-0.15, -0.1) is 0 Å². The fourth-order valence-electron chi connectivity index (χ4n) is 3.53. The minimum absolute atomic E-state index is 0.0545. The number of halogens is 2. The van der Waals surface area contributed by atoms with Crippen LogP contribution in [0.4, 0.5) is 4.39 Å². The number of aromatic nitrogens is 2. The first kappa shape index (κ1) is 16.8. The SMILES string of the molecule is Fc1ccc(-c2n[nH]cc2C2=CN3C(c4cccc(Cl)c4)=CNC3C=C2)cc1. The maximum absolute atomic E-state index is 13.3. The zero-order chi connectivity index (χ0) is 19.1. The van der Waals surface area contributed by atoms with Crippen molar-refractivity contribution in [1.29, 1.82) is 0 Å². The number of fused-ring (bicyclic) bond motifs is 1. The van der Waals surface area contributed by atoms with E-state index in [1.54, 1.807) is 12.1 Å². The lowest BCUT2D eigenvalue weighted by atomic mass is 10.00. The summed E-state index contributed by atoms with van der Waals surface area (Å²) in [6.45, 7) is 0. The predicted molar refractivity (Wildman–Crippen MR) is 109 cm³/mol. The van der Waals surface area contributed by atoms with Crippen molar-refractivity contribution in [3.05, 3.63) is 101 Å².